The van der Waals surface area contributed by atoms with Gasteiger partial charge in [-0.3, -0.25) is 9.59 Å². The molecule has 0 unspecified atom stereocenters. The number of rotatable bonds is 4. The largest absolute Gasteiger partial charge is 0.276 e. The van der Waals surface area contributed by atoms with E-state index in [-0.39, 0.29) is 16.0 Å². The molecule has 0 radical (unpaired) electrons. The fourth-order valence-corrected chi connectivity index (χ4v) is 2.38. The molecule has 0 atom stereocenters. The molecular formula is C10H9Cl2NO4S. The number of carbonyl (C=O) groups excluding carboxylic acids is 2. The summed E-state index contributed by atoms with van der Waals surface area (Å²) >= 11 is 10.6. The van der Waals surface area contributed by atoms with Gasteiger partial charge in [0, 0.05) is 25.2 Å². The first-order chi connectivity index (χ1) is 8.16. The number of hydrogen-bond acceptors (Lipinski definition) is 4. The molecule has 0 aromatic heterocycles. The molecule has 0 saturated carbocycles. The summed E-state index contributed by atoms with van der Waals surface area (Å²) in [5, 5.41) is -1.74. The molecule has 5 nitrogen and oxygen atoms in total. The van der Waals surface area contributed by atoms with E-state index in [1.54, 1.807) is 0 Å². The Morgan fingerprint density at radius 1 is 1.00 bits per heavy atom. The molecule has 1 rings (SSSR count). The smallest absolute Gasteiger partial charge is 0.252 e. The van der Waals surface area contributed by atoms with Crippen molar-refractivity contribution in [1.82, 2.24) is 4.31 Å². The molecule has 0 spiro atoms. The summed E-state index contributed by atoms with van der Waals surface area (Å²) in [5.74, 6) is 0. The minimum Gasteiger partial charge on any atom is -0.276 e. The van der Waals surface area contributed by atoms with E-state index >= 15 is 0 Å². The van der Waals surface area contributed by atoms with E-state index in [9.17, 15) is 18.0 Å². The lowest BCUT2D eigenvalue weighted by molar-refractivity contribution is 0.108. The standard InChI is InChI=1S/C10H9Cl2NO4S/c1-13(2)18(16,17)8-4-6(9(11)14)3-7(5-8)10(12)15/h3-5H,1-2H3. The van der Waals surface area contributed by atoms with Gasteiger partial charge in [0.2, 0.25) is 10.0 Å². The van der Waals surface area contributed by atoms with Crippen LogP contribution in [0.5, 0.6) is 0 Å². The Morgan fingerprint density at radius 3 is 1.67 bits per heavy atom. The zero-order valence-electron chi connectivity index (χ0n) is 9.48. The number of nitrogens with zero attached hydrogens (tertiary/aromatic N) is 1. The van der Waals surface area contributed by atoms with Crippen molar-refractivity contribution in [3.63, 3.8) is 0 Å². The van der Waals surface area contributed by atoms with Gasteiger partial charge in [-0.25, -0.2) is 12.7 Å². The molecule has 0 saturated heterocycles. The number of hydrogen-bond donors (Lipinski definition) is 0. The van der Waals surface area contributed by atoms with Crippen molar-refractivity contribution < 1.29 is 18.0 Å². The van der Waals surface area contributed by atoms with Gasteiger partial charge in [-0.15, -0.1) is 0 Å². The van der Waals surface area contributed by atoms with E-state index in [1.165, 1.54) is 14.1 Å². The maximum absolute atomic E-state index is 11.9. The Morgan fingerprint density at radius 2 is 1.39 bits per heavy atom. The predicted octanol–water partition coefficient (Wildman–Crippen LogP) is 1.69. The number of benzene rings is 1. The third-order valence-corrected chi connectivity index (χ3v) is 4.37. The molecule has 18 heavy (non-hydrogen) atoms. The van der Waals surface area contributed by atoms with Gasteiger partial charge in [0.15, 0.2) is 0 Å². The van der Waals surface area contributed by atoms with Crippen LogP contribution in [0.3, 0.4) is 0 Å². The van der Waals surface area contributed by atoms with Gasteiger partial charge in [-0.1, -0.05) is 0 Å². The summed E-state index contributed by atoms with van der Waals surface area (Å²) < 4.78 is 24.7. The van der Waals surface area contributed by atoms with Crippen LogP contribution in [-0.2, 0) is 10.0 Å². The van der Waals surface area contributed by atoms with Crippen molar-refractivity contribution in [3.05, 3.63) is 29.3 Å². The highest BCUT2D eigenvalue weighted by Gasteiger charge is 2.21. The lowest BCUT2D eigenvalue weighted by Gasteiger charge is -2.12. The van der Waals surface area contributed by atoms with Crippen LogP contribution in [-0.4, -0.2) is 37.3 Å². The SMILES string of the molecule is CN(C)S(=O)(=O)c1cc(C(=O)Cl)cc(C(=O)Cl)c1. The monoisotopic (exact) mass is 309 g/mol. The molecule has 0 heterocycles. The molecule has 0 fully saturated rings. The quantitative estimate of drug-likeness (QED) is 0.794. The molecule has 0 bridgehead atoms. The van der Waals surface area contributed by atoms with Crippen molar-refractivity contribution in [1.29, 1.82) is 0 Å². The summed E-state index contributed by atoms with van der Waals surface area (Å²) in [6, 6.07) is 3.32. The zero-order chi connectivity index (χ0) is 14.1. The van der Waals surface area contributed by atoms with Crippen molar-refractivity contribution in [2.75, 3.05) is 14.1 Å². The molecule has 1 aromatic carbocycles. The Hall–Kier alpha value is -0.950. The highest BCUT2D eigenvalue weighted by Crippen LogP contribution is 2.20. The summed E-state index contributed by atoms with van der Waals surface area (Å²) in [6.07, 6.45) is 0. The average molecular weight is 310 g/mol. The van der Waals surface area contributed by atoms with E-state index in [0.717, 1.165) is 22.5 Å². The molecule has 0 amide bonds. The maximum atomic E-state index is 11.9. The predicted molar refractivity (Wildman–Crippen MR) is 67.7 cm³/mol. The molecule has 0 aliphatic rings. The van der Waals surface area contributed by atoms with E-state index < -0.39 is 20.5 Å². The lowest BCUT2D eigenvalue weighted by atomic mass is 10.1. The topological polar surface area (TPSA) is 71.5 Å². The first-order valence-electron chi connectivity index (χ1n) is 4.63. The average Bonchev–Trinajstić information content (AvgIpc) is 2.27. The second-order valence-corrected chi connectivity index (χ2v) is 6.42. The molecule has 98 valence electrons. The fraction of sp³-hybridized carbons (Fsp3) is 0.200. The number of sulfonamides is 1. The van der Waals surface area contributed by atoms with E-state index in [0.29, 0.717) is 0 Å². The third kappa shape index (κ3) is 3.08. The second kappa shape index (κ2) is 5.36. The van der Waals surface area contributed by atoms with Crippen molar-refractivity contribution in [3.8, 4) is 0 Å². The minimum absolute atomic E-state index is 0.108. The third-order valence-electron chi connectivity index (χ3n) is 2.14. The first kappa shape index (κ1) is 15.1. The highest BCUT2D eigenvalue weighted by molar-refractivity contribution is 7.89. The molecule has 0 aliphatic carbocycles. The van der Waals surface area contributed by atoms with Gasteiger partial charge < -0.3 is 0 Å². The normalized spacial score (nSPS) is 11.6. The number of halogens is 2. The van der Waals surface area contributed by atoms with Gasteiger partial charge in [0.05, 0.1) is 4.90 Å². The van der Waals surface area contributed by atoms with Gasteiger partial charge in [-0.2, -0.15) is 0 Å². The van der Waals surface area contributed by atoms with Gasteiger partial charge in [0.25, 0.3) is 10.5 Å². The molecule has 1 aromatic rings. The summed E-state index contributed by atoms with van der Waals surface area (Å²) in [4.78, 5) is 21.9. The van der Waals surface area contributed by atoms with Crippen LogP contribution >= 0.6 is 23.2 Å². The van der Waals surface area contributed by atoms with Crippen LogP contribution in [0.15, 0.2) is 23.1 Å². The van der Waals surface area contributed by atoms with Crippen LogP contribution < -0.4 is 0 Å². The van der Waals surface area contributed by atoms with Gasteiger partial charge >= 0.3 is 0 Å². The van der Waals surface area contributed by atoms with Crippen molar-refractivity contribution in [2.45, 2.75) is 4.90 Å². The molecular weight excluding hydrogens is 301 g/mol. The van der Waals surface area contributed by atoms with E-state index in [1.807, 2.05) is 0 Å². The van der Waals surface area contributed by atoms with Crippen LogP contribution in [0.1, 0.15) is 20.7 Å². The van der Waals surface area contributed by atoms with Gasteiger partial charge in [-0.05, 0) is 41.4 Å². The summed E-state index contributed by atoms with van der Waals surface area (Å²) in [7, 11) is -1.13. The first-order valence-corrected chi connectivity index (χ1v) is 6.83. The zero-order valence-corrected chi connectivity index (χ0v) is 11.8. The molecule has 0 aliphatic heterocycles. The minimum atomic E-state index is -3.78. The Kier molecular flexibility index (Phi) is 4.50. The van der Waals surface area contributed by atoms with Gasteiger partial charge in [0.1, 0.15) is 0 Å². The van der Waals surface area contributed by atoms with Crippen LogP contribution in [0.4, 0.5) is 0 Å². The Balaban J connectivity index is 3.56. The summed E-state index contributed by atoms with van der Waals surface area (Å²) in [5.41, 5.74) is -0.216. The van der Waals surface area contributed by atoms with Crippen molar-refractivity contribution >= 4 is 43.7 Å². The molecule has 8 heteroatoms. The van der Waals surface area contributed by atoms with E-state index in [2.05, 4.69) is 0 Å². The van der Waals surface area contributed by atoms with Crippen molar-refractivity contribution in [2.24, 2.45) is 0 Å². The van der Waals surface area contributed by atoms with Crippen LogP contribution in [0, 0.1) is 0 Å². The van der Waals surface area contributed by atoms with E-state index in [4.69, 9.17) is 23.2 Å². The van der Waals surface area contributed by atoms with Crippen LogP contribution in [0.25, 0.3) is 0 Å². The van der Waals surface area contributed by atoms with Crippen LogP contribution in [0.2, 0.25) is 0 Å². The Bertz CT molecular complexity index is 578. The highest BCUT2D eigenvalue weighted by atomic mass is 35.5. The molecule has 0 N–H and O–H groups in total. The Labute approximate surface area is 114 Å². The maximum Gasteiger partial charge on any atom is 0.252 e. The fourth-order valence-electron chi connectivity index (χ4n) is 1.19. The summed E-state index contributed by atoms with van der Waals surface area (Å²) in [6.45, 7) is 0. The second-order valence-electron chi connectivity index (χ2n) is 3.58. The number of carbonyl (C=O) groups is 2. The lowest BCUT2D eigenvalue weighted by Crippen LogP contribution is -2.22.